The monoisotopic (exact) mass is 242 g/mol. The normalized spacial score (nSPS) is 9.83. The van der Waals surface area contributed by atoms with Crippen molar-refractivity contribution >= 4 is 17.6 Å². The highest BCUT2D eigenvalue weighted by Gasteiger charge is 2.19. The Bertz CT molecular complexity index is 460. The van der Waals surface area contributed by atoms with Crippen LogP contribution in [-0.2, 0) is 4.74 Å². The largest absolute Gasteiger partial charge is 0.449 e. The minimum absolute atomic E-state index is 0.328. The molecule has 0 fully saturated rings. The standard InChI is InChI=1S/C14H14N2O2/c1-2-18-14(17)16(12-8-4-3-5-9-12)13-10-6-7-11-15-13/h3-11H,2H2,1H3. The Balaban J connectivity index is 2.38. The summed E-state index contributed by atoms with van der Waals surface area (Å²) in [5.74, 6) is 0.544. The number of amides is 1. The fourth-order valence-electron chi connectivity index (χ4n) is 1.58. The number of nitrogens with zero attached hydrogens (tertiary/aromatic N) is 2. The van der Waals surface area contributed by atoms with E-state index in [0.29, 0.717) is 12.4 Å². The SMILES string of the molecule is CCOC(=O)N(c1ccccc1)c1ccccn1. The van der Waals surface area contributed by atoms with E-state index in [-0.39, 0.29) is 0 Å². The quantitative estimate of drug-likeness (QED) is 0.828. The van der Waals surface area contributed by atoms with Crippen LogP contribution >= 0.6 is 0 Å². The number of para-hydroxylation sites is 1. The first-order valence-electron chi connectivity index (χ1n) is 5.76. The van der Waals surface area contributed by atoms with Crippen molar-refractivity contribution in [2.24, 2.45) is 0 Å². The summed E-state index contributed by atoms with van der Waals surface area (Å²) in [6, 6.07) is 14.7. The Morgan fingerprint density at radius 1 is 1.17 bits per heavy atom. The fraction of sp³-hybridized carbons (Fsp3) is 0.143. The van der Waals surface area contributed by atoms with Crippen LogP contribution in [-0.4, -0.2) is 17.7 Å². The van der Waals surface area contributed by atoms with Gasteiger partial charge in [0.15, 0.2) is 0 Å². The highest BCUT2D eigenvalue weighted by atomic mass is 16.6. The lowest BCUT2D eigenvalue weighted by atomic mass is 10.3. The third-order valence-electron chi connectivity index (χ3n) is 2.34. The second-order valence-electron chi connectivity index (χ2n) is 3.56. The molecule has 0 aliphatic heterocycles. The molecule has 1 heterocycles. The second-order valence-corrected chi connectivity index (χ2v) is 3.56. The van der Waals surface area contributed by atoms with E-state index in [1.165, 1.54) is 4.90 Å². The van der Waals surface area contributed by atoms with Crippen LogP contribution in [0.25, 0.3) is 0 Å². The van der Waals surface area contributed by atoms with Crippen molar-refractivity contribution in [2.45, 2.75) is 6.92 Å². The number of carbonyl (C=O) groups is 1. The minimum atomic E-state index is -0.428. The molecule has 0 saturated carbocycles. The maximum absolute atomic E-state index is 12.0. The third-order valence-corrected chi connectivity index (χ3v) is 2.34. The Hall–Kier alpha value is -2.36. The molecule has 2 aromatic rings. The zero-order valence-electron chi connectivity index (χ0n) is 10.1. The summed E-state index contributed by atoms with van der Waals surface area (Å²) in [5.41, 5.74) is 0.731. The number of hydrogen-bond acceptors (Lipinski definition) is 3. The molecule has 4 heteroatoms. The first-order valence-corrected chi connectivity index (χ1v) is 5.76. The number of pyridine rings is 1. The van der Waals surface area contributed by atoms with Gasteiger partial charge in [0.05, 0.1) is 12.3 Å². The van der Waals surface area contributed by atoms with Crippen molar-refractivity contribution in [3.8, 4) is 0 Å². The Kier molecular flexibility index (Phi) is 3.91. The highest BCUT2D eigenvalue weighted by molar-refractivity contribution is 5.94. The van der Waals surface area contributed by atoms with Gasteiger partial charge in [0, 0.05) is 6.20 Å². The minimum Gasteiger partial charge on any atom is -0.449 e. The van der Waals surface area contributed by atoms with Crippen molar-refractivity contribution in [2.75, 3.05) is 11.5 Å². The van der Waals surface area contributed by atoms with E-state index >= 15 is 0 Å². The first-order chi connectivity index (χ1) is 8.83. The first kappa shape index (κ1) is 12.1. The van der Waals surface area contributed by atoms with Gasteiger partial charge in [-0.15, -0.1) is 0 Å². The topological polar surface area (TPSA) is 42.4 Å². The average Bonchev–Trinajstić information content (AvgIpc) is 2.42. The van der Waals surface area contributed by atoms with Crippen LogP contribution in [0.15, 0.2) is 54.7 Å². The number of anilines is 2. The molecule has 0 spiro atoms. The third kappa shape index (κ3) is 2.66. The van der Waals surface area contributed by atoms with Gasteiger partial charge < -0.3 is 4.74 Å². The lowest BCUT2D eigenvalue weighted by Crippen LogP contribution is -2.27. The molecule has 1 amide bonds. The molecule has 4 nitrogen and oxygen atoms in total. The summed E-state index contributed by atoms with van der Waals surface area (Å²) in [5, 5.41) is 0. The van der Waals surface area contributed by atoms with Gasteiger partial charge in [0.25, 0.3) is 0 Å². The molecule has 1 aromatic carbocycles. The maximum atomic E-state index is 12.0. The van der Waals surface area contributed by atoms with Crippen LogP contribution in [0.4, 0.5) is 16.3 Å². The van der Waals surface area contributed by atoms with E-state index in [4.69, 9.17) is 4.74 Å². The van der Waals surface area contributed by atoms with Crippen molar-refractivity contribution < 1.29 is 9.53 Å². The average molecular weight is 242 g/mol. The molecule has 2 rings (SSSR count). The molecule has 92 valence electrons. The zero-order chi connectivity index (χ0) is 12.8. The molecule has 0 saturated heterocycles. The molecule has 0 aliphatic rings. The molecule has 1 aromatic heterocycles. The van der Waals surface area contributed by atoms with Gasteiger partial charge in [0.1, 0.15) is 5.82 Å². The summed E-state index contributed by atoms with van der Waals surface area (Å²) in [7, 11) is 0. The number of carbonyl (C=O) groups excluding carboxylic acids is 1. The molecule has 0 unspecified atom stereocenters. The van der Waals surface area contributed by atoms with E-state index < -0.39 is 6.09 Å². The summed E-state index contributed by atoms with van der Waals surface area (Å²) in [6.07, 6.45) is 1.22. The molecule has 18 heavy (non-hydrogen) atoms. The van der Waals surface area contributed by atoms with Gasteiger partial charge in [-0.2, -0.15) is 0 Å². The number of ether oxygens (including phenoxy) is 1. The summed E-state index contributed by atoms with van der Waals surface area (Å²) in [4.78, 5) is 17.6. The van der Waals surface area contributed by atoms with E-state index in [9.17, 15) is 4.79 Å². The Morgan fingerprint density at radius 2 is 1.89 bits per heavy atom. The summed E-state index contributed by atoms with van der Waals surface area (Å²) >= 11 is 0. The molecule has 0 radical (unpaired) electrons. The lowest BCUT2D eigenvalue weighted by Gasteiger charge is -2.20. The van der Waals surface area contributed by atoms with Gasteiger partial charge in [-0.1, -0.05) is 24.3 Å². The Labute approximate surface area is 106 Å². The van der Waals surface area contributed by atoms with E-state index in [1.54, 1.807) is 25.3 Å². The van der Waals surface area contributed by atoms with E-state index in [2.05, 4.69) is 4.98 Å². The summed E-state index contributed by atoms with van der Waals surface area (Å²) < 4.78 is 5.06. The van der Waals surface area contributed by atoms with Gasteiger partial charge in [0.2, 0.25) is 0 Å². The zero-order valence-corrected chi connectivity index (χ0v) is 10.1. The van der Waals surface area contributed by atoms with Crippen LogP contribution in [0, 0.1) is 0 Å². The molecule has 0 aliphatic carbocycles. The molecule has 0 atom stereocenters. The van der Waals surface area contributed by atoms with Crippen LogP contribution in [0.5, 0.6) is 0 Å². The summed E-state index contributed by atoms with van der Waals surface area (Å²) in [6.45, 7) is 2.11. The Morgan fingerprint density at radius 3 is 2.50 bits per heavy atom. The van der Waals surface area contributed by atoms with E-state index in [1.807, 2.05) is 36.4 Å². The van der Waals surface area contributed by atoms with Gasteiger partial charge in [-0.25, -0.2) is 14.7 Å². The number of rotatable bonds is 3. The molecular formula is C14H14N2O2. The van der Waals surface area contributed by atoms with Crippen molar-refractivity contribution in [3.05, 3.63) is 54.7 Å². The second kappa shape index (κ2) is 5.82. The molecule has 0 bridgehead atoms. The smallest absolute Gasteiger partial charge is 0.420 e. The van der Waals surface area contributed by atoms with Gasteiger partial charge in [-0.3, -0.25) is 0 Å². The fourth-order valence-corrected chi connectivity index (χ4v) is 1.58. The van der Waals surface area contributed by atoms with Crippen LogP contribution in [0.2, 0.25) is 0 Å². The van der Waals surface area contributed by atoms with E-state index in [0.717, 1.165) is 5.69 Å². The highest BCUT2D eigenvalue weighted by Crippen LogP contribution is 2.23. The van der Waals surface area contributed by atoms with Crippen molar-refractivity contribution in [1.82, 2.24) is 4.98 Å². The number of hydrogen-bond donors (Lipinski definition) is 0. The number of benzene rings is 1. The molecular weight excluding hydrogens is 228 g/mol. The van der Waals surface area contributed by atoms with Crippen LogP contribution < -0.4 is 4.90 Å². The van der Waals surface area contributed by atoms with Crippen molar-refractivity contribution in [3.63, 3.8) is 0 Å². The number of aromatic nitrogens is 1. The van der Waals surface area contributed by atoms with Gasteiger partial charge in [-0.05, 0) is 31.2 Å². The maximum Gasteiger partial charge on any atom is 0.420 e. The van der Waals surface area contributed by atoms with Crippen molar-refractivity contribution in [1.29, 1.82) is 0 Å². The lowest BCUT2D eigenvalue weighted by molar-refractivity contribution is 0.162. The van der Waals surface area contributed by atoms with Crippen LogP contribution in [0.3, 0.4) is 0 Å². The van der Waals surface area contributed by atoms with Crippen LogP contribution in [0.1, 0.15) is 6.92 Å². The predicted molar refractivity (Wildman–Crippen MR) is 69.8 cm³/mol. The van der Waals surface area contributed by atoms with Gasteiger partial charge >= 0.3 is 6.09 Å². The molecule has 0 N–H and O–H groups in total. The predicted octanol–water partition coefficient (Wildman–Crippen LogP) is 3.38.